The largest absolute Gasteiger partial charge is 0.465 e. The lowest BCUT2D eigenvalue weighted by Gasteiger charge is -2.43. The first-order valence-corrected chi connectivity index (χ1v) is 9.97. The number of ether oxygens (including phenoxy) is 3. The third-order valence-electron chi connectivity index (χ3n) is 5.87. The predicted octanol–water partition coefficient (Wildman–Crippen LogP) is 2.54. The monoisotopic (exact) mass is 379 g/mol. The van der Waals surface area contributed by atoms with Crippen LogP contribution in [0.25, 0.3) is 0 Å². The minimum Gasteiger partial charge on any atom is -0.465 e. The molecule has 0 aromatic rings. The lowest BCUT2D eigenvalue weighted by atomic mass is 9.64. The predicted molar refractivity (Wildman–Crippen MR) is 96.7 cm³/mol. The van der Waals surface area contributed by atoms with Crippen LogP contribution in [0, 0.1) is 23.7 Å². The minimum absolute atomic E-state index is 0.0250. The average Bonchev–Trinajstić information content (AvgIpc) is 2.93. The minimum atomic E-state index is -0.447. The fraction of sp³-hybridized carbons (Fsp3) is 0.750. The molecule has 0 aromatic carbocycles. The molecule has 0 saturated carbocycles. The first-order chi connectivity index (χ1) is 13.0. The Kier molecular flexibility index (Phi) is 6.07. The van der Waals surface area contributed by atoms with Gasteiger partial charge in [0.2, 0.25) is 0 Å². The van der Waals surface area contributed by atoms with E-state index >= 15 is 0 Å². The maximum Gasteiger partial charge on any atom is 0.410 e. The Labute approximate surface area is 160 Å². The Bertz CT molecular complexity index is 630. The first-order valence-electron chi connectivity index (χ1n) is 9.97. The van der Waals surface area contributed by atoms with Crippen LogP contribution in [-0.4, -0.2) is 55.3 Å². The van der Waals surface area contributed by atoms with Crippen molar-refractivity contribution in [2.45, 2.75) is 46.1 Å². The van der Waals surface area contributed by atoms with Gasteiger partial charge in [0.25, 0.3) is 0 Å². The van der Waals surface area contributed by atoms with Crippen LogP contribution < -0.4 is 0 Å². The first kappa shape index (κ1) is 19.7. The number of carbonyl (C=O) groups is 3. The van der Waals surface area contributed by atoms with Gasteiger partial charge in [-0.3, -0.25) is 9.59 Å². The van der Waals surface area contributed by atoms with Crippen molar-refractivity contribution < 1.29 is 28.6 Å². The van der Waals surface area contributed by atoms with Crippen molar-refractivity contribution in [1.82, 2.24) is 4.90 Å². The van der Waals surface area contributed by atoms with Crippen LogP contribution in [0.1, 0.15) is 40.0 Å². The van der Waals surface area contributed by atoms with Gasteiger partial charge in [0.1, 0.15) is 6.10 Å². The molecule has 3 aliphatic rings. The Morgan fingerprint density at radius 2 is 2.07 bits per heavy atom. The number of fused-ring (bicyclic) bond motifs is 2. The molecule has 2 heterocycles. The molecule has 3 rings (SSSR count). The van der Waals surface area contributed by atoms with Gasteiger partial charge < -0.3 is 19.1 Å². The molecule has 0 unspecified atom stereocenters. The maximum absolute atomic E-state index is 12.9. The number of likely N-dealkylation sites (tertiary alicyclic amines) is 1. The lowest BCUT2D eigenvalue weighted by molar-refractivity contribution is -0.154. The Morgan fingerprint density at radius 1 is 1.30 bits per heavy atom. The number of unbranched alkanes of at least 4 members (excludes halogenated alkanes) is 1. The van der Waals surface area contributed by atoms with E-state index in [1.807, 2.05) is 19.9 Å². The van der Waals surface area contributed by atoms with Gasteiger partial charge in [0.15, 0.2) is 0 Å². The standard InChI is InChI=1S/C20H29NO6/c1-4-6-9-26-19(23)17-14-7-8-21(20(24)25-5-2)11-13(14)10-15-16(17)12(3)27-18(15)22/h10,12,14-17H,4-9,11H2,1-3H3/t12-,14-,15-,16-,17+/m1/s1. The van der Waals surface area contributed by atoms with Crippen LogP contribution in [0.4, 0.5) is 4.79 Å². The van der Waals surface area contributed by atoms with Gasteiger partial charge in [0.05, 0.1) is 25.0 Å². The summed E-state index contributed by atoms with van der Waals surface area (Å²) in [5.74, 6) is -1.62. The Balaban J connectivity index is 1.84. The summed E-state index contributed by atoms with van der Waals surface area (Å²) in [6.07, 6.45) is 3.67. The van der Waals surface area contributed by atoms with Crippen LogP contribution >= 0.6 is 0 Å². The summed E-state index contributed by atoms with van der Waals surface area (Å²) in [4.78, 5) is 39.0. The van der Waals surface area contributed by atoms with Crippen molar-refractivity contribution in [2.75, 3.05) is 26.3 Å². The molecule has 5 atom stereocenters. The molecular weight excluding hydrogens is 350 g/mol. The fourth-order valence-electron chi connectivity index (χ4n) is 4.57. The second-order valence-corrected chi connectivity index (χ2v) is 7.55. The van der Waals surface area contributed by atoms with Crippen molar-refractivity contribution in [3.8, 4) is 0 Å². The van der Waals surface area contributed by atoms with Gasteiger partial charge in [-0.25, -0.2) is 4.79 Å². The highest BCUT2D eigenvalue weighted by atomic mass is 16.6. The normalized spacial score (nSPS) is 32.1. The molecule has 2 fully saturated rings. The number of piperidine rings is 1. The second-order valence-electron chi connectivity index (χ2n) is 7.55. The van der Waals surface area contributed by atoms with Crippen molar-refractivity contribution in [3.05, 3.63) is 11.6 Å². The summed E-state index contributed by atoms with van der Waals surface area (Å²) in [5.41, 5.74) is 0.944. The number of esters is 2. The molecule has 0 bridgehead atoms. The quantitative estimate of drug-likeness (QED) is 0.316. The molecule has 27 heavy (non-hydrogen) atoms. The number of amides is 1. The molecule has 2 aliphatic heterocycles. The Morgan fingerprint density at radius 3 is 2.78 bits per heavy atom. The third-order valence-corrected chi connectivity index (χ3v) is 5.87. The highest BCUT2D eigenvalue weighted by molar-refractivity contribution is 5.82. The van der Waals surface area contributed by atoms with Crippen molar-refractivity contribution in [1.29, 1.82) is 0 Å². The number of hydrogen-bond acceptors (Lipinski definition) is 6. The summed E-state index contributed by atoms with van der Waals surface area (Å²) < 4.78 is 16.1. The molecule has 0 spiro atoms. The van der Waals surface area contributed by atoms with E-state index in [0.717, 1.165) is 18.4 Å². The summed E-state index contributed by atoms with van der Waals surface area (Å²) in [6, 6.07) is 0. The van der Waals surface area contributed by atoms with E-state index < -0.39 is 11.8 Å². The number of carbonyl (C=O) groups excluding carboxylic acids is 3. The van der Waals surface area contributed by atoms with Crippen molar-refractivity contribution in [2.24, 2.45) is 23.7 Å². The van der Waals surface area contributed by atoms with E-state index in [9.17, 15) is 14.4 Å². The Hall–Kier alpha value is -2.05. The zero-order valence-corrected chi connectivity index (χ0v) is 16.3. The smallest absolute Gasteiger partial charge is 0.410 e. The summed E-state index contributed by atoms with van der Waals surface area (Å²) in [5, 5.41) is 0. The van der Waals surface area contributed by atoms with E-state index in [4.69, 9.17) is 14.2 Å². The highest BCUT2D eigenvalue weighted by Gasteiger charge is 2.55. The SMILES string of the molecule is CCCCOC(=O)[C@@H]1[C@@H]2[C@@H](C)OC(=O)[C@@H]2C=C2CN(C(=O)OCC)CC[C@H]21. The van der Waals surface area contributed by atoms with Crippen LogP contribution in [0.15, 0.2) is 11.6 Å². The molecule has 2 saturated heterocycles. The molecule has 1 aliphatic carbocycles. The van der Waals surface area contributed by atoms with Gasteiger partial charge in [-0.2, -0.15) is 0 Å². The zero-order valence-electron chi connectivity index (χ0n) is 16.3. The van der Waals surface area contributed by atoms with Crippen LogP contribution in [-0.2, 0) is 23.8 Å². The van der Waals surface area contributed by atoms with E-state index in [2.05, 4.69) is 0 Å². The van der Waals surface area contributed by atoms with Gasteiger partial charge in [0, 0.05) is 19.0 Å². The van der Waals surface area contributed by atoms with Crippen molar-refractivity contribution >= 4 is 18.0 Å². The summed E-state index contributed by atoms with van der Waals surface area (Å²) >= 11 is 0. The van der Waals surface area contributed by atoms with Gasteiger partial charge in [-0.05, 0) is 38.2 Å². The summed E-state index contributed by atoms with van der Waals surface area (Å²) in [7, 11) is 0. The van der Waals surface area contributed by atoms with Gasteiger partial charge in [-0.1, -0.05) is 19.4 Å². The third kappa shape index (κ3) is 3.82. The number of nitrogens with zero attached hydrogens (tertiary/aromatic N) is 1. The van der Waals surface area contributed by atoms with Crippen molar-refractivity contribution in [3.63, 3.8) is 0 Å². The molecule has 0 aromatic heterocycles. The maximum atomic E-state index is 12.9. The average molecular weight is 379 g/mol. The number of rotatable bonds is 5. The van der Waals surface area contributed by atoms with Crippen LogP contribution in [0.2, 0.25) is 0 Å². The van der Waals surface area contributed by atoms with Gasteiger partial charge in [-0.15, -0.1) is 0 Å². The van der Waals surface area contributed by atoms with Crippen LogP contribution in [0.5, 0.6) is 0 Å². The van der Waals surface area contributed by atoms with E-state index in [1.165, 1.54) is 0 Å². The molecule has 1 amide bonds. The number of hydrogen-bond donors (Lipinski definition) is 0. The second kappa shape index (κ2) is 8.31. The van der Waals surface area contributed by atoms with Crippen LogP contribution in [0.3, 0.4) is 0 Å². The molecule has 150 valence electrons. The molecule has 7 nitrogen and oxygen atoms in total. The zero-order chi connectivity index (χ0) is 19.6. The van der Waals surface area contributed by atoms with Gasteiger partial charge >= 0.3 is 18.0 Å². The van der Waals surface area contributed by atoms with E-state index in [-0.39, 0.29) is 36.0 Å². The molecular formula is C20H29NO6. The topological polar surface area (TPSA) is 82.1 Å². The lowest BCUT2D eigenvalue weighted by Crippen LogP contribution is -2.49. The number of cyclic esters (lactones) is 1. The highest BCUT2D eigenvalue weighted by Crippen LogP contribution is 2.48. The molecule has 0 radical (unpaired) electrons. The van der Waals surface area contributed by atoms with E-state index in [0.29, 0.717) is 32.7 Å². The fourth-order valence-corrected chi connectivity index (χ4v) is 4.57. The summed E-state index contributed by atoms with van der Waals surface area (Å²) in [6.45, 7) is 7.29. The van der Waals surface area contributed by atoms with E-state index in [1.54, 1.807) is 11.8 Å². The molecule has 0 N–H and O–H groups in total. The molecule has 7 heteroatoms.